The molecule has 0 aromatic heterocycles. The summed E-state index contributed by atoms with van der Waals surface area (Å²) in [6.07, 6.45) is 4.52. The van der Waals surface area contributed by atoms with Crippen molar-refractivity contribution in [1.29, 1.82) is 0 Å². The molecule has 0 fully saturated rings. The predicted octanol–water partition coefficient (Wildman–Crippen LogP) is 4.44. The van der Waals surface area contributed by atoms with Crippen molar-refractivity contribution >= 4 is 17.6 Å². The van der Waals surface area contributed by atoms with E-state index in [0.717, 1.165) is 50.2 Å². The Bertz CT molecular complexity index is 437. The van der Waals surface area contributed by atoms with Gasteiger partial charge in [0.1, 0.15) is 0 Å². The van der Waals surface area contributed by atoms with Crippen LogP contribution in [0.15, 0.2) is 24.3 Å². The number of carboxylic acids is 1. The summed E-state index contributed by atoms with van der Waals surface area (Å²) < 4.78 is 0. The fraction of sp³-hybridized carbons (Fsp3) is 0.588. The average Bonchev–Trinajstić information content (AvgIpc) is 2.42. The van der Waals surface area contributed by atoms with Crippen LogP contribution in [0.25, 0.3) is 0 Å². The van der Waals surface area contributed by atoms with E-state index in [9.17, 15) is 9.90 Å². The van der Waals surface area contributed by atoms with Gasteiger partial charge in [-0.3, -0.25) is 4.79 Å². The maximum absolute atomic E-state index is 11.2. The summed E-state index contributed by atoms with van der Waals surface area (Å²) in [6, 6.07) is 7.86. The van der Waals surface area contributed by atoms with Crippen LogP contribution >= 0.6 is 11.6 Å². The molecule has 1 rings (SSSR count). The summed E-state index contributed by atoms with van der Waals surface area (Å²) in [5.74, 6) is -0.842. The van der Waals surface area contributed by atoms with Crippen molar-refractivity contribution in [3.05, 3.63) is 34.9 Å². The second-order valence-electron chi connectivity index (χ2n) is 5.69. The maximum atomic E-state index is 11.2. The standard InChI is InChI=1S/C17H26ClNO2/c1-3-4-8-15(17(20)21)9-6-11-19(2)13-14-7-5-10-16(18)12-14/h5,7,10,12,15H,3-4,6,8-9,11,13H2,1-2H3,(H,20,21). The molecule has 0 aliphatic rings. The molecule has 0 aliphatic carbocycles. The molecule has 1 aromatic rings. The number of halogens is 1. The highest BCUT2D eigenvalue weighted by molar-refractivity contribution is 6.30. The van der Waals surface area contributed by atoms with E-state index in [1.54, 1.807) is 0 Å². The van der Waals surface area contributed by atoms with Gasteiger partial charge in [-0.15, -0.1) is 0 Å². The van der Waals surface area contributed by atoms with E-state index in [4.69, 9.17) is 11.6 Å². The minimum Gasteiger partial charge on any atom is -0.481 e. The van der Waals surface area contributed by atoms with E-state index in [1.807, 2.05) is 18.2 Å². The lowest BCUT2D eigenvalue weighted by Gasteiger charge is -2.18. The average molecular weight is 312 g/mol. The van der Waals surface area contributed by atoms with E-state index in [1.165, 1.54) is 5.56 Å². The zero-order chi connectivity index (χ0) is 15.7. The number of carboxylic acid groups (broad SMARTS) is 1. The molecule has 0 radical (unpaired) electrons. The van der Waals surface area contributed by atoms with Gasteiger partial charge >= 0.3 is 5.97 Å². The molecular formula is C17H26ClNO2. The lowest BCUT2D eigenvalue weighted by atomic mass is 9.97. The molecule has 1 atom stereocenters. The number of carbonyl (C=O) groups is 1. The number of aliphatic carboxylic acids is 1. The molecule has 1 N–H and O–H groups in total. The van der Waals surface area contributed by atoms with Crippen LogP contribution in [-0.2, 0) is 11.3 Å². The smallest absolute Gasteiger partial charge is 0.306 e. The molecule has 1 unspecified atom stereocenters. The number of rotatable bonds is 10. The van der Waals surface area contributed by atoms with E-state index in [0.29, 0.717) is 0 Å². The molecule has 0 spiro atoms. The lowest BCUT2D eigenvalue weighted by molar-refractivity contribution is -0.142. The van der Waals surface area contributed by atoms with Gasteiger partial charge in [-0.2, -0.15) is 0 Å². The minimum atomic E-state index is -0.652. The van der Waals surface area contributed by atoms with Gasteiger partial charge in [-0.1, -0.05) is 43.5 Å². The van der Waals surface area contributed by atoms with Crippen LogP contribution in [0, 0.1) is 5.92 Å². The first-order valence-corrected chi connectivity index (χ1v) is 8.06. The van der Waals surface area contributed by atoms with Crippen molar-refractivity contribution in [3.63, 3.8) is 0 Å². The Kier molecular flexibility index (Phi) is 8.40. The van der Waals surface area contributed by atoms with Gasteiger partial charge in [-0.05, 0) is 50.6 Å². The third-order valence-corrected chi connectivity index (χ3v) is 3.92. The van der Waals surface area contributed by atoms with E-state index in [2.05, 4.69) is 24.9 Å². The number of unbranched alkanes of at least 4 members (excludes halogenated alkanes) is 1. The normalized spacial score (nSPS) is 12.6. The molecule has 0 bridgehead atoms. The summed E-state index contributed by atoms with van der Waals surface area (Å²) in [4.78, 5) is 13.4. The lowest BCUT2D eigenvalue weighted by Crippen LogP contribution is -2.21. The summed E-state index contributed by atoms with van der Waals surface area (Å²) in [6.45, 7) is 3.84. The highest BCUT2D eigenvalue weighted by atomic mass is 35.5. The van der Waals surface area contributed by atoms with E-state index >= 15 is 0 Å². The van der Waals surface area contributed by atoms with Gasteiger partial charge in [0.2, 0.25) is 0 Å². The van der Waals surface area contributed by atoms with Crippen molar-refractivity contribution in [2.75, 3.05) is 13.6 Å². The van der Waals surface area contributed by atoms with Crippen LogP contribution in [-0.4, -0.2) is 29.6 Å². The highest BCUT2D eigenvalue weighted by Gasteiger charge is 2.16. The van der Waals surface area contributed by atoms with Crippen LogP contribution in [0.3, 0.4) is 0 Å². The van der Waals surface area contributed by atoms with Crippen molar-refractivity contribution in [1.82, 2.24) is 4.90 Å². The predicted molar refractivity (Wildman–Crippen MR) is 87.7 cm³/mol. The van der Waals surface area contributed by atoms with Gasteiger partial charge in [0, 0.05) is 11.6 Å². The van der Waals surface area contributed by atoms with E-state index in [-0.39, 0.29) is 5.92 Å². The highest BCUT2D eigenvalue weighted by Crippen LogP contribution is 2.16. The van der Waals surface area contributed by atoms with Gasteiger partial charge in [0.05, 0.1) is 5.92 Å². The Morgan fingerprint density at radius 2 is 2.05 bits per heavy atom. The number of nitrogens with zero attached hydrogens (tertiary/aromatic N) is 1. The monoisotopic (exact) mass is 311 g/mol. The Labute approximate surface area is 132 Å². The molecule has 1 aromatic carbocycles. The first-order valence-electron chi connectivity index (χ1n) is 7.68. The first-order chi connectivity index (χ1) is 10.0. The zero-order valence-electron chi connectivity index (χ0n) is 13.0. The van der Waals surface area contributed by atoms with Crippen molar-refractivity contribution in [2.24, 2.45) is 5.92 Å². The van der Waals surface area contributed by atoms with Gasteiger partial charge in [0.25, 0.3) is 0 Å². The van der Waals surface area contributed by atoms with Crippen molar-refractivity contribution in [3.8, 4) is 0 Å². The van der Waals surface area contributed by atoms with Crippen molar-refractivity contribution < 1.29 is 9.90 Å². The molecule has 0 saturated heterocycles. The topological polar surface area (TPSA) is 40.5 Å². The zero-order valence-corrected chi connectivity index (χ0v) is 13.8. The second-order valence-corrected chi connectivity index (χ2v) is 6.12. The van der Waals surface area contributed by atoms with Gasteiger partial charge in [0.15, 0.2) is 0 Å². The third kappa shape index (κ3) is 7.49. The molecule has 0 amide bonds. The SMILES string of the molecule is CCCCC(CCCN(C)Cc1cccc(Cl)c1)C(=O)O. The summed E-state index contributed by atoms with van der Waals surface area (Å²) in [7, 11) is 2.06. The van der Waals surface area contributed by atoms with Crippen LogP contribution in [0.2, 0.25) is 5.02 Å². The third-order valence-electron chi connectivity index (χ3n) is 3.69. The van der Waals surface area contributed by atoms with Crippen LogP contribution in [0.4, 0.5) is 0 Å². The molecule has 0 aliphatic heterocycles. The summed E-state index contributed by atoms with van der Waals surface area (Å²) in [5.41, 5.74) is 1.19. The van der Waals surface area contributed by atoms with Crippen LogP contribution in [0.1, 0.15) is 44.6 Å². The number of hydrogen-bond donors (Lipinski definition) is 1. The molecule has 118 valence electrons. The van der Waals surface area contributed by atoms with Gasteiger partial charge in [-0.25, -0.2) is 0 Å². The number of hydrogen-bond acceptors (Lipinski definition) is 2. The van der Waals surface area contributed by atoms with Crippen molar-refractivity contribution in [2.45, 2.75) is 45.6 Å². The molecule has 4 heteroatoms. The Morgan fingerprint density at radius 1 is 1.33 bits per heavy atom. The quantitative estimate of drug-likeness (QED) is 0.694. The Balaban J connectivity index is 2.31. The molecule has 21 heavy (non-hydrogen) atoms. The van der Waals surface area contributed by atoms with Gasteiger partial charge < -0.3 is 10.0 Å². The largest absolute Gasteiger partial charge is 0.481 e. The fourth-order valence-electron chi connectivity index (χ4n) is 2.48. The maximum Gasteiger partial charge on any atom is 0.306 e. The summed E-state index contributed by atoms with van der Waals surface area (Å²) >= 11 is 5.97. The number of benzene rings is 1. The molecule has 3 nitrogen and oxygen atoms in total. The van der Waals surface area contributed by atoms with E-state index < -0.39 is 5.97 Å². The molecule has 0 saturated carbocycles. The first kappa shape index (κ1) is 18.0. The van der Waals surface area contributed by atoms with Crippen LogP contribution < -0.4 is 0 Å². The Morgan fingerprint density at radius 3 is 2.67 bits per heavy atom. The fourth-order valence-corrected chi connectivity index (χ4v) is 2.69. The second kappa shape index (κ2) is 9.80. The molecule has 0 heterocycles. The van der Waals surface area contributed by atoms with Crippen LogP contribution in [0.5, 0.6) is 0 Å². The summed E-state index contributed by atoms with van der Waals surface area (Å²) in [5, 5.41) is 9.96. The Hall–Kier alpha value is -1.06. The minimum absolute atomic E-state index is 0.190. The molecular weight excluding hydrogens is 286 g/mol.